The maximum atomic E-state index is 12.1. The number of ether oxygens (including phenoxy) is 1. The van der Waals surface area contributed by atoms with Crippen LogP contribution in [0.3, 0.4) is 0 Å². The molecule has 3 N–H and O–H groups in total. The fourth-order valence-electron chi connectivity index (χ4n) is 1.69. The molecule has 0 aliphatic heterocycles. The summed E-state index contributed by atoms with van der Waals surface area (Å²) >= 11 is 0. The summed E-state index contributed by atoms with van der Waals surface area (Å²) in [6.07, 6.45) is 0. The minimum absolute atomic E-state index is 0.285. The maximum absolute atomic E-state index is 12.1. The lowest BCUT2D eigenvalue weighted by atomic mass is 9.75. The number of hydrogen-bond donors (Lipinski definition) is 3. The fourth-order valence-corrected chi connectivity index (χ4v) is 1.69. The Morgan fingerprint density at radius 1 is 1.32 bits per heavy atom. The Morgan fingerprint density at radius 2 is 1.89 bits per heavy atom. The van der Waals surface area contributed by atoms with E-state index in [4.69, 9.17) is 4.74 Å². The van der Waals surface area contributed by atoms with Crippen LogP contribution in [0.1, 0.15) is 36.7 Å². The standard InChI is InChI=1S/C13H20BNO4/c1-8-10(12(16)19-13(2,3)4)6-9(15-5)7-11(8)14(17)18/h6-7,15,17-18H,1-5H3. The largest absolute Gasteiger partial charge is 0.488 e. The van der Waals surface area contributed by atoms with Gasteiger partial charge in [-0.15, -0.1) is 0 Å². The molecule has 0 fully saturated rings. The van der Waals surface area contributed by atoms with E-state index >= 15 is 0 Å². The molecule has 0 spiro atoms. The molecular weight excluding hydrogens is 245 g/mol. The van der Waals surface area contributed by atoms with Crippen molar-refractivity contribution in [1.82, 2.24) is 0 Å². The number of esters is 1. The fraction of sp³-hybridized carbons (Fsp3) is 0.462. The first-order valence-corrected chi connectivity index (χ1v) is 6.07. The van der Waals surface area contributed by atoms with Gasteiger partial charge in [-0.25, -0.2) is 4.79 Å². The minimum Gasteiger partial charge on any atom is -0.456 e. The van der Waals surface area contributed by atoms with Gasteiger partial charge >= 0.3 is 13.1 Å². The molecular formula is C13H20BNO4. The summed E-state index contributed by atoms with van der Waals surface area (Å²) in [5, 5.41) is 21.6. The highest BCUT2D eigenvalue weighted by Crippen LogP contribution is 2.18. The highest BCUT2D eigenvalue weighted by Gasteiger charge is 2.24. The Balaban J connectivity index is 3.26. The van der Waals surface area contributed by atoms with Crippen LogP contribution in [0.25, 0.3) is 0 Å². The van der Waals surface area contributed by atoms with E-state index in [-0.39, 0.29) is 5.46 Å². The second kappa shape index (κ2) is 5.63. The molecule has 104 valence electrons. The summed E-state index contributed by atoms with van der Waals surface area (Å²) in [6.45, 7) is 7.01. The smallest absolute Gasteiger partial charge is 0.456 e. The van der Waals surface area contributed by atoms with Crippen LogP contribution in [0.4, 0.5) is 5.69 Å². The quantitative estimate of drug-likeness (QED) is 0.553. The molecule has 0 atom stereocenters. The third kappa shape index (κ3) is 3.97. The summed E-state index contributed by atoms with van der Waals surface area (Å²) in [6, 6.07) is 3.23. The van der Waals surface area contributed by atoms with Crippen LogP contribution >= 0.6 is 0 Å². The maximum Gasteiger partial charge on any atom is 0.488 e. The molecule has 19 heavy (non-hydrogen) atoms. The van der Waals surface area contributed by atoms with Crippen molar-refractivity contribution in [2.75, 3.05) is 12.4 Å². The number of carbonyl (C=O) groups is 1. The number of nitrogens with one attached hydrogen (secondary N) is 1. The van der Waals surface area contributed by atoms with Crippen molar-refractivity contribution in [3.05, 3.63) is 23.3 Å². The first-order chi connectivity index (χ1) is 8.65. The summed E-state index contributed by atoms with van der Waals surface area (Å²) in [5.74, 6) is -0.482. The Labute approximate surface area is 113 Å². The van der Waals surface area contributed by atoms with E-state index < -0.39 is 18.7 Å². The van der Waals surface area contributed by atoms with Gasteiger partial charge in [0.05, 0.1) is 5.56 Å². The average molecular weight is 265 g/mol. The first kappa shape index (κ1) is 15.5. The zero-order valence-electron chi connectivity index (χ0n) is 11.9. The van der Waals surface area contributed by atoms with E-state index in [0.29, 0.717) is 16.8 Å². The van der Waals surface area contributed by atoms with Gasteiger partial charge in [0, 0.05) is 12.7 Å². The normalized spacial score (nSPS) is 11.1. The van der Waals surface area contributed by atoms with Gasteiger partial charge in [0.15, 0.2) is 0 Å². The van der Waals surface area contributed by atoms with E-state index in [9.17, 15) is 14.8 Å². The molecule has 0 aliphatic rings. The Morgan fingerprint density at radius 3 is 2.32 bits per heavy atom. The van der Waals surface area contributed by atoms with Gasteiger partial charge in [-0.1, -0.05) is 0 Å². The molecule has 1 aromatic rings. The van der Waals surface area contributed by atoms with Crippen LogP contribution in [-0.4, -0.2) is 35.8 Å². The number of benzene rings is 1. The van der Waals surface area contributed by atoms with Crippen LogP contribution in [0.15, 0.2) is 12.1 Å². The lowest BCUT2D eigenvalue weighted by molar-refractivity contribution is 0.00689. The van der Waals surface area contributed by atoms with E-state index in [1.165, 1.54) is 0 Å². The molecule has 6 heteroatoms. The Kier molecular flexibility index (Phi) is 4.60. The van der Waals surface area contributed by atoms with E-state index in [2.05, 4.69) is 5.32 Å². The molecule has 1 rings (SSSR count). The van der Waals surface area contributed by atoms with Crippen LogP contribution in [-0.2, 0) is 4.74 Å². The second-order valence-electron chi connectivity index (χ2n) is 5.36. The van der Waals surface area contributed by atoms with Gasteiger partial charge in [0.25, 0.3) is 0 Å². The van der Waals surface area contributed by atoms with Gasteiger partial charge in [-0.3, -0.25) is 0 Å². The lowest BCUT2D eigenvalue weighted by Gasteiger charge is -2.21. The van der Waals surface area contributed by atoms with Crippen LogP contribution in [0.2, 0.25) is 0 Å². The molecule has 0 unspecified atom stereocenters. The van der Waals surface area contributed by atoms with Crippen LogP contribution in [0.5, 0.6) is 0 Å². The molecule has 0 radical (unpaired) electrons. The van der Waals surface area contributed by atoms with E-state index in [1.807, 2.05) is 0 Å². The topological polar surface area (TPSA) is 78.8 Å². The number of hydrogen-bond acceptors (Lipinski definition) is 5. The third-order valence-electron chi connectivity index (χ3n) is 2.63. The molecule has 0 heterocycles. The van der Waals surface area contributed by atoms with Gasteiger partial charge in [-0.2, -0.15) is 0 Å². The third-order valence-corrected chi connectivity index (χ3v) is 2.63. The number of anilines is 1. The van der Waals surface area contributed by atoms with Crippen molar-refractivity contribution >= 4 is 24.2 Å². The summed E-state index contributed by atoms with van der Waals surface area (Å²) in [4.78, 5) is 12.1. The molecule has 5 nitrogen and oxygen atoms in total. The molecule has 1 aromatic carbocycles. The zero-order chi connectivity index (χ0) is 14.8. The Hall–Kier alpha value is -1.53. The SMILES string of the molecule is CNc1cc(B(O)O)c(C)c(C(=O)OC(C)(C)C)c1. The predicted octanol–water partition coefficient (Wildman–Crippen LogP) is 0.672. The van der Waals surface area contributed by atoms with Crippen molar-refractivity contribution in [3.63, 3.8) is 0 Å². The zero-order valence-corrected chi connectivity index (χ0v) is 11.9. The van der Waals surface area contributed by atoms with E-state index in [1.54, 1.807) is 46.9 Å². The van der Waals surface area contributed by atoms with Crippen molar-refractivity contribution in [2.24, 2.45) is 0 Å². The molecule has 0 saturated heterocycles. The number of carbonyl (C=O) groups excluding carboxylic acids is 1. The second-order valence-corrected chi connectivity index (χ2v) is 5.36. The molecule has 0 bridgehead atoms. The van der Waals surface area contributed by atoms with Crippen molar-refractivity contribution < 1.29 is 19.6 Å². The monoisotopic (exact) mass is 265 g/mol. The lowest BCUT2D eigenvalue weighted by Crippen LogP contribution is -2.34. The van der Waals surface area contributed by atoms with Gasteiger partial charge in [0.1, 0.15) is 5.60 Å². The highest BCUT2D eigenvalue weighted by molar-refractivity contribution is 6.59. The summed E-state index contributed by atoms with van der Waals surface area (Å²) in [5.41, 5.74) is 1.13. The molecule has 0 aliphatic carbocycles. The van der Waals surface area contributed by atoms with Gasteiger partial charge in [0.2, 0.25) is 0 Å². The molecule has 0 aromatic heterocycles. The minimum atomic E-state index is -1.63. The highest BCUT2D eigenvalue weighted by atomic mass is 16.6. The predicted molar refractivity (Wildman–Crippen MR) is 75.7 cm³/mol. The first-order valence-electron chi connectivity index (χ1n) is 6.07. The number of rotatable bonds is 3. The average Bonchev–Trinajstić information content (AvgIpc) is 2.26. The van der Waals surface area contributed by atoms with Crippen LogP contribution in [0, 0.1) is 6.92 Å². The van der Waals surface area contributed by atoms with Crippen molar-refractivity contribution in [2.45, 2.75) is 33.3 Å². The van der Waals surface area contributed by atoms with Crippen LogP contribution < -0.4 is 10.8 Å². The summed E-state index contributed by atoms with van der Waals surface area (Å²) < 4.78 is 5.31. The van der Waals surface area contributed by atoms with Gasteiger partial charge < -0.3 is 20.1 Å². The van der Waals surface area contributed by atoms with E-state index in [0.717, 1.165) is 0 Å². The van der Waals surface area contributed by atoms with Crippen molar-refractivity contribution in [3.8, 4) is 0 Å². The molecule has 0 saturated carbocycles. The Bertz CT molecular complexity index is 480. The summed E-state index contributed by atoms with van der Waals surface area (Å²) in [7, 11) is 0.0614. The molecule has 0 amide bonds. The van der Waals surface area contributed by atoms with Gasteiger partial charge in [-0.05, 0) is 50.9 Å². The van der Waals surface area contributed by atoms with Crippen molar-refractivity contribution in [1.29, 1.82) is 0 Å².